The second-order valence-electron chi connectivity index (χ2n) is 5.33. The Kier molecular flexibility index (Phi) is 3.73. The molecule has 1 amide bonds. The van der Waals surface area contributed by atoms with Crippen molar-refractivity contribution in [1.29, 1.82) is 0 Å². The van der Waals surface area contributed by atoms with E-state index in [9.17, 15) is 13.2 Å². The van der Waals surface area contributed by atoms with Gasteiger partial charge in [-0.2, -0.15) is 12.6 Å². The first-order valence-electron chi connectivity index (χ1n) is 6.05. The van der Waals surface area contributed by atoms with Gasteiger partial charge >= 0.3 is 0 Å². The Balaban J connectivity index is 1.76. The lowest BCUT2D eigenvalue weighted by Crippen LogP contribution is -2.41. The number of carbonyl (C=O) groups excluding carboxylic acids is 1. The molecule has 98 valence electrons. The SMILES string of the molecule is O=C(CC1(CS)CC1)NC1CCS(=O)(=O)CC1. The van der Waals surface area contributed by atoms with Crippen LogP contribution >= 0.6 is 12.6 Å². The monoisotopic (exact) mass is 277 g/mol. The van der Waals surface area contributed by atoms with Crippen molar-refractivity contribution in [2.45, 2.75) is 38.1 Å². The van der Waals surface area contributed by atoms with E-state index in [1.165, 1.54) is 0 Å². The first kappa shape index (κ1) is 13.2. The van der Waals surface area contributed by atoms with Gasteiger partial charge in [-0.3, -0.25) is 4.79 Å². The molecule has 4 nitrogen and oxygen atoms in total. The minimum Gasteiger partial charge on any atom is -0.353 e. The normalized spacial score (nSPS) is 26.4. The van der Waals surface area contributed by atoms with Crippen LogP contribution in [0, 0.1) is 5.41 Å². The van der Waals surface area contributed by atoms with Gasteiger partial charge in [0.15, 0.2) is 0 Å². The number of hydrogen-bond acceptors (Lipinski definition) is 4. The van der Waals surface area contributed by atoms with E-state index in [-0.39, 0.29) is 28.9 Å². The standard InChI is InChI=1S/C11H19NO3S2/c13-10(7-11(8-16)3-4-11)12-9-1-5-17(14,15)6-2-9/h9,16H,1-8H2,(H,12,13). The lowest BCUT2D eigenvalue weighted by molar-refractivity contribution is -0.122. The van der Waals surface area contributed by atoms with Crippen LogP contribution in [0.5, 0.6) is 0 Å². The summed E-state index contributed by atoms with van der Waals surface area (Å²) in [6.07, 6.45) is 3.83. The maximum absolute atomic E-state index is 11.8. The molecule has 0 aromatic rings. The summed E-state index contributed by atoms with van der Waals surface area (Å²) in [4.78, 5) is 11.8. The van der Waals surface area contributed by atoms with Crippen molar-refractivity contribution in [1.82, 2.24) is 5.32 Å². The fourth-order valence-corrected chi connectivity index (χ4v) is 4.14. The van der Waals surface area contributed by atoms with Gasteiger partial charge in [0.1, 0.15) is 9.84 Å². The van der Waals surface area contributed by atoms with Crippen LogP contribution in [0.15, 0.2) is 0 Å². The number of hydrogen-bond donors (Lipinski definition) is 2. The molecule has 1 heterocycles. The highest BCUT2D eigenvalue weighted by molar-refractivity contribution is 7.91. The molecule has 1 saturated heterocycles. The molecule has 0 unspecified atom stereocenters. The average molecular weight is 277 g/mol. The fourth-order valence-electron chi connectivity index (χ4n) is 2.22. The molecule has 0 spiro atoms. The zero-order valence-corrected chi connectivity index (χ0v) is 11.5. The molecule has 0 radical (unpaired) electrons. The Morgan fingerprint density at radius 3 is 2.35 bits per heavy atom. The third-order valence-corrected chi connectivity index (χ3v) is 6.13. The Labute approximate surface area is 108 Å². The second kappa shape index (κ2) is 4.80. The van der Waals surface area contributed by atoms with Gasteiger partial charge < -0.3 is 5.32 Å². The summed E-state index contributed by atoms with van der Waals surface area (Å²) < 4.78 is 22.5. The highest BCUT2D eigenvalue weighted by Gasteiger charge is 2.43. The molecule has 1 aliphatic heterocycles. The third kappa shape index (κ3) is 3.61. The topological polar surface area (TPSA) is 63.2 Å². The first-order valence-corrected chi connectivity index (χ1v) is 8.51. The van der Waals surface area contributed by atoms with Crippen LogP contribution in [0.25, 0.3) is 0 Å². The molecule has 2 aliphatic rings. The number of carbonyl (C=O) groups is 1. The van der Waals surface area contributed by atoms with Crippen LogP contribution in [0.3, 0.4) is 0 Å². The highest BCUT2D eigenvalue weighted by atomic mass is 32.2. The van der Waals surface area contributed by atoms with Crippen molar-refractivity contribution in [3.63, 3.8) is 0 Å². The largest absolute Gasteiger partial charge is 0.353 e. The molecule has 1 aliphatic carbocycles. The van der Waals surface area contributed by atoms with E-state index in [0.29, 0.717) is 19.3 Å². The number of sulfone groups is 1. The molecule has 0 aromatic heterocycles. The Morgan fingerprint density at radius 1 is 1.29 bits per heavy atom. The van der Waals surface area contributed by atoms with E-state index < -0.39 is 9.84 Å². The Morgan fingerprint density at radius 2 is 1.88 bits per heavy atom. The van der Waals surface area contributed by atoms with Gasteiger partial charge in [0.05, 0.1) is 11.5 Å². The van der Waals surface area contributed by atoms with Crippen LogP contribution < -0.4 is 5.32 Å². The van der Waals surface area contributed by atoms with E-state index >= 15 is 0 Å². The van der Waals surface area contributed by atoms with E-state index in [2.05, 4.69) is 17.9 Å². The Bertz CT molecular complexity index is 387. The van der Waals surface area contributed by atoms with Gasteiger partial charge in [-0.25, -0.2) is 8.42 Å². The lowest BCUT2D eigenvalue weighted by Gasteiger charge is -2.24. The summed E-state index contributed by atoms with van der Waals surface area (Å²) in [7, 11) is -2.84. The predicted octanol–water partition coefficient (Wildman–Crippen LogP) is 0.780. The molecule has 2 fully saturated rings. The highest BCUT2D eigenvalue weighted by Crippen LogP contribution is 2.49. The summed E-state index contributed by atoms with van der Waals surface area (Å²) in [6.45, 7) is 0. The van der Waals surface area contributed by atoms with Crippen LogP contribution in [-0.2, 0) is 14.6 Å². The lowest BCUT2D eigenvalue weighted by atomic mass is 10.0. The molecular formula is C11H19NO3S2. The van der Waals surface area contributed by atoms with Gasteiger partial charge in [0.2, 0.25) is 5.91 Å². The molecular weight excluding hydrogens is 258 g/mol. The first-order chi connectivity index (χ1) is 7.95. The van der Waals surface area contributed by atoms with Crippen LogP contribution in [0.1, 0.15) is 32.1 Å². The summed E-state index contributed by atoms with van der Waals surface area (Å²) in [5, 5.41) is 2.95. The summed E-state index contributed by atoms with van der Waals surface area (Å²) in [6, 6.07) is 0.0433. The van der Waals surface area contributed by atoms with E-state index in [1.807, 2.05) is 0 Å². The molecule has 17 heavy (non-hydrogen) atoms. The van der Waals surface area contributed by atoms with Crippen LogP contribution in [-0.4, -0.2) is 37.6 Å². The van der Waals surface area contributed by atoms with Crippen molar-refractivity contribution >= 4 is 28.4 Å². The number of nitrogens with one attached hydrogen (secondary N) is 1. The molecule has 0 bridgehead atoms. The van der Waals surface area contributed by atoms with E-state index in [4.69, 9.17) is 0 Å². The number of rotatable bonds is 4. The van der Waals surface area contributed by atoms with Gasteiger partial charge in [-0.1, -0.05) is 0 Å². The van der Waals surface area contributed by atoms with Gasteiger partial charge in [-0.15, -0.1) is 0 Å². The van der Waals surface area contributed by atoms with Crippen molar-refractivity contribution < 1.29 is 13.2 Å². The number of amides is 1. The van der Waals surface area contributed by atoms with Crippen molar-refractivity contribution in [3.05, 3.63) is 0 Å². The van der Waals surface area contributed by atoms with Crippen LogP contribution in [0.2, 0.25) is 0 Å². The third-order valence-electron chi connectivity index (χ3n) is 3.75. The maximum Gasteiger partial charge on any atom is 0.220 e. The van der Waals surface area contributed by atoms with Gasteiger partial charge in [0.25, 0.3) is 0 Å². The summed E-state index contributed by atoms with van der Waals surface area (Å²) >= 11 is 4.27. The average Bonchev–Trinajstić information content (AvgIpc) is 3.02. The zero-order chi connectivity index (χ0) is 12.5. The zero-order valence-electron chi connectivity index (χ0n) is 9.81. The predicted molar refractivity (Wildman–Crippen MR) is 70.0 cm³/mol. The molecule has 0 atom stereocenters. The number of thiol groups is 1. The van der Waals surface area contributed by atoms with Crippen molar-refractivity contribution in [3.8, 4) is 0 Å². The summed E-state index contributed by atoms with van der Waals surface area (Å²) in [5.41, 5.74) is 0.133. The molecule has 0 aromatic carbocycles. The quantitative estimate of drug-likeness (QED) is 0.747. The summed E-state index contributed by atoms with van der Waals surface area (Å²) in [5.74, 6) is 1.23. The van der Waals surface area contributed by atoms with E-state index in [0.717, 1.165) is 18.6 Å². The minimum absolute atomic E-state index is 0.0433. The maximum atomic E-state index is 11.8. The van der Waals surface area contributed by atoms with Crippen molar-refractivity contribution in [2.24, 2.45) is 5.41 Å². The molecule has 1 N–H and O–H groups in total. The molecule has 1 saturated carbocycles. The van der Waals surface area contributed by atoms with Gasteiger partial charge in [-0.05, 0) is 36.9 Å². The second-order valence-corrected chi connectivity index (χ2v) is 7.95. The fraction of sp³-hybridized carbons (Fsp3) is 0.909. The van der Waals surface area contributed by atoms with Crippen molar-refractivity contribution in [2.75, 3.05) is 17.3 Å². The minimum atomic E-state index is -2.84. The molecule has 6 heteroatoms. The Hall–Kier alpha value is -0.230. The smallest absolute Gasteiger partial charge is 0.220 e. The van der Waals surface area contributed by atoms with E-state index in [1.54, 1.807) is 0 Å². The van der Waals surface area contributed by atoms with Gasteiger partial charge in [0, 0.05) is 12.5 Å². The molecule has 2 rings (SSSR count). The van der Waals surface area contributed by atoms with Crippen LogP contribution in [0.4, 0.5) is 0 Å².